The van der Waals surface area contributed by atoms with Crippen LogP contribution in [0.1, 0.15) is 47.6 Å². The van der Waals surface area contributed by atoms with E-state index < -0.39 is 0 Å². The summed E-state index contributed by atoms with van der Waals surface area (Å²) in [7, 11) is 0. The normalized spacial score (nSPS) is 18.8. The maximum Gasteiger partial charge on any atom is 0.184 e. The lowest BCUT2D eigenvalue weighted by Crippen LogP contribution is -2.16. The molecule has 1 aromatic carbocycles. The highest BCUT2D eigenvalue weighted by Gasteiger charge is 2.28. The molecule has 2 aromatic heterocycles. The van der Waals surface area contributed by atoms with Crippen LogP contribution in [0.25, 0.3) is 22.0 Å². The van der Waals surface area contributed by atoms with Crippen molar-refractivity contribution in [2.75, 3.05) is 13.1 Å². The standard InChI is InChI=1S/C23H25N5O2/c1-14-22(15(2)30-26-14)18-5-6-19-20(10-18)28(12-16-3-4-16)25-23(19)21(29)9-17-7-8-27(11-17)13-24/h5-6,10,16-17H,3-4,7-9,11-12H2,1-2H3/t17-/m0/s1. The fraction of sp³-hybridized carbons (Fsp3) is 0.478. The van der Waals surface area contributed by atoms with Crippen LogP contribution in [0, 0.1) is 37.1 Å². The van der Waals surface area contributed by atoms with Gasteiger partial charge < -0.3 is 9.42 Å². The highest BCUT2D eigenvalue weighted by atomic mass is 16.5. The Morgan fingerprint density at radius 2 is 2.10 bits per heavy atom. The third-order valence-electron chi connectivity index (χ3n) is 6.37. The van der Waals surface area contributed by atoms with Crippen molar-refractivity contribution in [3.05, 3.63) is 35.3 Å². The number of carbonyl (C=O) groups excluding carboxylic acids is 1. The molecule has 1 atom stereocenters. The van der Waals surface area contributed by atoms with E-state index in [1.54, 1.807) is 4.90 Å². The van der Waals surface area contributed by atoms with Crippen molar-refractivity contribution in [1.29, 1.82) is 5.26 Å². The lowest BCUT2D eigenvalue weighted by Gasteiger charge is -2.07. The Morgan fingerprint density at radius 3 is 2.77 bits per heavy atom. The van der Waals surface area contributed by atoms with Crippen molar-refractivity contribution in [2.24, 2.45) is 11.8 Å². The van der Waals surface area contributed by atoms with Crippen molar-refractivity contribution in [3.8, 4) is 17.3 Å². The third kappa shape index (κ3) is 3.36. The molecule has 2 aliphatic rings. The molecule has 1 aliphatic heterocycles. The van der Waals surface area contributed by atoms with Gasteiger partial charge in [0.2, 0.25) is 0 Å². The number of fused-ring (bicyclic) bond motifs is 1. The predicted molar refractivity (Wildman–Crippen MR) is 112 cm³/mol. The summed E-state index contributed by atoms with van der Waals surface area (Å²) < 4.78 is 7.36. The van der Waals surface area contributed by atoms with Crippen molar-refractivity contribution in [1.82, 2.24) is 19.8 Å². The minimum atomic E-state index is 0.0735. The predicted octanol–water partition coefficient (Wildman–Crippen LogP) is 4.09. The first kappa shape index (κ1) is 18.9. The second-order valence-electron chi connectivity index (χ2n) is 8.73. The van der Waals surface area contributed by atoms with Crippen LogP contribution < -0.4 is 0 Å². The summed E-state index contributed by atoms with van der Waals surface area (Å²) in [4.78, 5) is 14.9. The van der Waals surface area contributed by atoms with Gasteiger partial charge in [-0.05, 0) is 62.6 Å². The third-order valence-corrected chi connectivity index (χ3v) is 6.37. The van der Waals surface area contributed by atoms with Gasteiger partial charge in [-0.25, -0.2) is 0 Å². The maximum atomic E-state index is 13.1. The summed E-state index contributed by atoms with van der Waals surface area (Å²) >= 11 is 0. The molecule has 0 radical (unpaired) electrons. The lowest BCUT2D eigenvalue weighted by atomic mass is 9.97. The topological polar surface area (TPSA) is 87.9 Å². The molecule has 154 valence electrons. The van der Waals surface area contributed by atoms with Gasteiger partial charge in [0.1, 0.15) is 11.5 Å². The molecular formula is C23H25N5O2. The van der Waals surface area contributed by atoms with Crippen LogP contribution in [0.2, 0.25) is 0 Å². The fourth-order valence-electron chi connectivity index (χ4n) is 4.56. The molecule has 7 nitrogen and oxygen atoms in total. The van der Waals surface area contributed by atoms with Crippen LogP contribution in [0.5, 0.6) is 0 Å². The number of nitriles is 1. The number of aryl methyl sites for hydroxylation is 2. The zero-order valence-electron chi connectivity index (χ0n) is 17.4. The molecule has 1 saturated heterocycles. The summed E-state index contributed by atoms with van der Waals surface area (Å²) in [6, 6.07) is 6.15. The fourth-order valence-corrected chi connectivity index (χ4v) is 4.56. The highest BCUT2D eigenvalue weighted by Crippen LogP contribution is 2.35. The molecule has 5 rings (SSSR count). The van der Waals surface area contributed by atoms with E-state index in [0.29, 0.717) is 24.6 Å². The Morgan fingerprint density at radius 1 is 1.27 bits per heavy atom. The van der Waals surface area contributed by atoms with E-state index >= 15 is 0 Å². The first-order chi connectivity index (χ1) is 14.5. The molecule has 2 fully saturated rings. The van der Waals surface area contributed by atoms with E-state index in [4.69, 9.17) is 14.9 Å². The Labute approximate surface area is 175 Å². The van der Waals surface area contributed by atoms with Crippen molar-refractivity contribution in [3.63, 3.8) is 0 Å². The zero-order chi connectivity index (χ0) is 20.8. The Bertz CT molecular complexity index is 1140. The SMILES string of the molecule is Cc1noc(C)c1-c1ccc2c(C(=O)C[C@@H]3CCN(C#N)C3)nn(CC3CC3)c2c1. The molecule has 3 heterocycles. The van der Waals surface area contributed by atoms with E-state index in [0.717, 1.165) is 53.0 Å². The summed E-state index contributed by atoms with van der Waals surface area (Å²) in [6.45, 7) is 6.12. The average Bonchev–Trinajstić information content (AvgIpc) is 3.16. The van der Waals surface area contributed by atoms with Crippen LogP contribution >= 0.6 is 0 Å². The Balaban J connectivity index is 1.51. The first-order valence-electron chi connectivity index (χ1n) is 10.6. The minimum absolute atomic E-state index is 0.0735. The van der Waals surface area contributed by atoms with Crippen molar-refractivity contribution in [2.45, 2.75) is 46.1 Å². The largest absolute Gasteiger partial charge is 0.361 e. The number of hydrogen-bond acceptors (Lipinski definition) is 6. The average molecular weight is 403 g/mol. The van der Waals surface area contributed by atoms with Gasteiger partial charge in [0.15, 0.2) is 12.0 Å². The molecule has 0 N–H and O–H groups in total. The second kappa shape index (κ2) is 7.28. The van der Waals surface area contributed by atoms with Crippen molar-refractivity contribution < 1.29 is 9.32 Å². The van der Waals surface area contributed by atoms with Gasteiger partial charge in [-0.15, -0.1) is 0 Å². The highest BCUT2D eigenvalue weighted by molar-refractivity contribution is 6.06. The molecule has 7 heteroatoms. The number of carbonyl (C=O) groups is 1. The van der Waals surface area contributed by atoms with E-state index in [1.165, 1.54) is 12.8 Å². The maximum absolute atomic E-state index is 13.1. The molecular weight excluding hydrogens is 378 g/mol. The van der Waals surface area contributed by atoms with Gasteiger partial charge in [-0.2, -0.15) is 10.4 Å². The molecule has 1 aliphatic carbocycles. The van der Waals surface area contributed by atoms with Crippen molar-refractivity contribution >= 4 is 16.7 Å². The zero-order valence-corrected chi connectivity index (χ0v) is 17.4. The number of rotatable bonds is 6. The van der Waals surface area contributed by atoms with Crippen LogP contribution in [0.4, 0.5) is 0 Å². The number of Topliss-reactive ketones (excluding diaryl/α,β-unsaturated/α-hetero) is 1. The Hall–Kier alpha value is -3.14. The van der Waals surface area contributed by atoms with E-state index in [9.17, 15) is 4.79 Å². The van der Waals surface area contributed by atoms with Gasteiger partial charge in [0.05, 0.1) is 11.2 Å². The smallest absolute Gasteiger partial charge is 0.184 e. The summed E-state index contributed by atoms with van der Waals surface area (Å²) in [5.41, 5.74) is 4.46. The quantitative estimate of drug-likeness (QED) is 0.455. The van der Waals surface area contributed by atoms with Crippen LogP contribution in [0.3, 0.4) is 0 Å². The van der Waals surface area contributed by atoms with Crippen LogP contribution in [-0.2, 0) is 6.54 Å². The van der Waals surface area contributed by atoms with Gasteiger partial charge in [-0.3, -0.25) is 9.48 Å². The minimum Gasteiger partial charge on any atom is -0.361 e. The molecule has 0 bridgehead atoms. The molecule has 0 unspecified atom stereocenters. The first-order valence-corrected chi connectivity index (χ1v) is 10.6. The summed E-state index contributed by atoms with van der Waals surface area (Å²) in [6.07, 6.45) is 5.96. The summed E-state index contributed by atoms with van der Waals surface area (Å²) in [5.74, 6) is 1.74. The lowest BCUT2D eigenvalue weighted by molar-refractivity contribution is 0.0959. The van der Waals surface area contributed by atoms with Gasteiger partial charge in [0, 0.05) is 37.0 Å². The Kier molecular flexibility index (Phi) is 4.58. The summed E-state index contributed by atoms with van der Waals surface area (Å²) in [5, 5.41) is 18.8. The van der Waals surface area contributed by atoms with Gasteiger partial charge in [0.25, 0.3) is 0 Å². The van der Waals surface area contributed by atoms with Crippen LogP contribution in [0.15, 0.2) is 22.7 Å². The van der Waals surface area contributed by atoms with Gasteiger partial charge >= 0.3 is 0 Å². The number of ketones is 1. The number of likely N-dealkylation sites (tertiary alicyclic amines) is 1. The number of aromatic nitrogens is 3. The van der Waals surface area contributed by atoms with E-state index in [-0.39, 0.29) is 11.7 Å². The molecule has 0 spiro atoms. The number of benzene rings is 1. The van der Waals surface area contributed by atoms with Gasteiger partial charge in [-0.1, -0.05) is 11.2 Å². The van der Waals surface area contributed by atoms with E-state index in [2.05, 4.69) is 17.4 Å². The second-order valence-corrected chi connectivity index (χ2v) is 8.73. The molecule has 3 aromatic rings. The number of hydrogen-bond donors (Lipinski definition) is 0. The number of nitrogens with zero attached hydrogens (tertiary/aromatic N) is 5. The molecule has 1 saturated carbocycles. The van der Waals surface area contributed by atoms with E-state index in [1.807, 2.05) is 30.7 Å². The molecule has 30 heavy (non-hydrogen) atoms. The molecule has 0 amide bonds. The monoisotopic (exact) mass is 403 g/mol. The van der Waals surface area contributed by atoms with Crippen LogP contribution in [-0.4, -0.2) is 38.7 Å².